The van der Waals surface area contributed by atoms with Crippen molar-refractivity contribution in [1.29, 1.82) is 5.26 Å². The van der Waals surface area contributed by atoms with E-state index in [-0.39, 0.29) is 5.57 Å². The SMILES string of the molecule is COc1ccc(/C=C(\C#N)C(=O)Nc2cc(OC)c(Cl)cc2OC)c(OCc2cccc(C)c2)c1. The number of ether oxygens (including phenoxy) is 4. The first-order valence-corrected chi connectivity index (χ1v) is 11.0. The molecular formula is C27H25ClN2O5. The van der Waals surface area contributed by atoms with E-state index in [0.29, 0.717) is 45.9 Å². The average molecular weight is 493 g/mol. The number of carbonyl (C=O) groups excluding carboxylic acids is 1. The fourth-order valence-corrected chi connectivity index (χ4v) is 3.53. The number of anilines is 1. The fourth-order valence-electron chi connectivity index (χ4n) is 3.30. The van der Waals surface area contributed by atoms with E-state index in [1.165, 1.54) is 32.4 Å². The lowest BCUT2D eigenvalue weighted by Crippen LogP contribution is -2.14. The van der Waals surface area contributed by atoms with Gasteiger partial charge in [-0.25, -0.2) is 0 Å². The van der Waals surface area contributed by atoms with Gasteiger partial charge in [0.05, 0.1) is 32.0 Å². The number of nitrogens with zero attached hydrogens (tertiary/aromatic N) is 1. The summed E-state index contributed by atoms with van der Waals surface area (Å²) in [6.07, 6.45) is 1.46. The Labute approximate surface area is 209 Å². The smallest absolute Gasteiger partial charge is 0.266 e. The van der Waals surface area contributed by atoms with E-state index >= 15 is 0 Å². The number of aryl methyl sites for hydroxylation is 1. The van der Waals surface area contributed by atoms with Crippen LogP contribution >= 0.6 is 11.6 Å². The van der Waals surface area contributed by atoms with Gasteiger partial charge in [0.1, 0.15) is 41.2 Å². The number of methoxy groups -OCH3 is 3. The van der Waals surface area contributed by atoms with Gasteiger partial charge in [-0.3, -0.25) is 4.79 Å². The number of nitriles is 1. The largest absolute Gasteiger partial charge is 0.497 e. The molecular weight excluding hydrogens is 468 g/mol. The van der Waals surface area contributed by atoms with Crippen LogP contribution in [0.25, 0.3) is 6.08 Å². The number of hydrogen-bond acceptors (Lipinski definition) is 6. The highest BCUT2D eigenvalue weighted by molar-refractivity contribution is 6.32. The lowest BCUT2D eigenvalue weighted by Gasteiger charge is -2.14. The number of carbonyl (C=O) groups is 1. The molecule has 0 saturated carbocycles. The van der Waals surface area contributed by atoms with Gasteiger partial charge in [0.2, 0.25) is 0 Å². The molecule has 35 heavy (non-hydrogen) atoms. The van der Waals surface area contributed by atoms with E-state index in [1.807, 2.05) is 37.3 Å². The van der Waals surface area contributed by atoms with E-state index in [1.54, 1.807) is 25.3 Å². The van der Waals surface area contributed by atoms with Gasteiger partial charge in [0, 0.05) is 23.8 Å². The number of benzene rings is 3. The van der Waals surface area contributed by atoms with Crippen LogP contribution in [0, 0.1) is 18.3 Å². The number of halogens is 1. The molecule has 0 aliphatic rings. The van der Waals surface area contributed by atoms with Crippen LogP contribution in [0.2, 0.25) is 5.02 Å². The third kappa shape index (κ3) is 6.46. The Morgan fingerprint density at radius 2 is 1.77 bits per heavy atom. The first-order valence-electron chi connectivity index (χ1n) is 10.6. The van der Waals surface area contributed by atoms with E-state index in [4.69, 9.17) is 30.5 Å². The Morgan fingerprint density at radius 3 is 2.43 bits per heavy atom. The second-order valence-electron chi connectivity index (χ2n) is 7.49. The van der Waals surface area contributed by atoms with Crippen LogP contribution in [0.5, 0.6) is 23.0 Å². The Morgan fingerprint density at radius 1 is 1.00 bits per heavy atom. The highest BCUT2D eigenvalue weighted by Gasteiger charge is 2.17. The zero-order chi connectivity index (χ0) is 25.4. The summed E-state index contributed by atoms with van der Waals surface area (Å²) < 4.78 is 21.8. The molecule has 0 unspecified atom stereocenters. The molecule has 0 fully saturated rings. The second kappa shape index (κ2) is 11.8. The summed E-state index contributed by atoms with van der Waals surface area (Å²) in [5.74, 6) is 1.11. The van der Waals surface area contributed by atoms with Gasteiger partial charge in [0.25, 0.3) is 5.91 Å². The molecule has 1 amide bonds. The zero-order valence-electron chi connectivity index (χ0n) is 19.8. The van der Waals surface area contributed by atoms with Crippen molar-refractivity contribution < 1.29 is 23.7 Å². The van der Waals surface area contributed by atoms with Crippen molar-refractivity contribution in [3.05, 3.63) is 81.9 Å². The zero-order valence-corrected chi connectivity index (χ0v) is 20.6. The predicted octanol–water partition coefficient (Wildman–Crippen LogP) is 5.80. The minimum absolute atomic E-state index is 0.133. The van der Waals surface area contributed by atoms with Crippen molar-refractivity contribution in [2.45, 2.75) is 13.5 Å². The van der Waals surface area contributed by atoms with Gasteiger partial charge >= 0.3 is 0 Å². The Kier molecular flexibility index (Phi) is 8.60. The molecule has 0 spiro atoms. The highest BCUT2D eigenvalue weighted by atomic mass is 35.5. The molecule has 0 bridgehead atoms. The quantitative estimate of drug-likeness (QED) is 0.300. The Balaban J connectivity index is 1.90. The minimum Gasteiger partial charge on any atom is -0.497 e. The maximum absolute atomic E-state index is 13.0. The molecule has 0 aromatic heterocycles. The van der Waals surface area contributed by atoms with E-state index < -0.39 is 5.91 Å². The molecule has 0 radical (unpaired) electrons. The molecule has 1 N–H and O–H groups in total. The highest BCUT2D eigenvalue weighted by Crippen LogP contribution is 2.36. The van der Waals surface area contributed by atoms with Crippen molar-refractivity contribution in [2.24, 2.45) is 0 Å². The maximum atomic E-state index is 13.0. The monoisotopic (exact) mass is 492 g/mol. The molecule has 3 aromatic rings. The summed E-state index contributed by atoms with van der Waals surface area (Å²) in [7, 11) is 4.46. The van der Waals surface area contributed by atoms with E-state index in [0.717, 1.165) is 11.1 Å². The average Bonchev–Trinajstić information content (AvgIpc) is 2.86. The number of amides is 1. The topological polar surface area (TPSA) is 89.8 Å². The van der Waals surface area contributed by atoms with E-state index in [9.17, 15) is 10.1 Å². The number of hydrogen-bond donors (Lipinski definition) is 1. The van der Waals surface area contributed by atoms with Gasteiger partial charge in [-0.2, -0.15) is 5.26 Å². The normalized spacial score (nSPS) is 10.8. The van der Waals surface area contributed by atoms with Crippen LogP contribution in [-0.2, 0) is 11.4 Å². The van der Waals surface area contributed by atoms with Gasteiger partial charge in [0.15, 0.2) is 0 Å². The molecule has 0 atom stereocenters. The molecule has 180 valence electrons. The molecule has 8 heteroatoms. The van der Waals surface area contributed by atoms with Crippen LogP contribution in [0.1, 0.15) is 16.7 Å². The van der Waals surface area contributed by atoms with Gasteiger partial charge in [-0.05, 0) is 30.7 Å². The molecule has 0 saturated heterocycles. The summed E-state index contributed by atoms with van der Waals surface area (Å²) in [6, 6.07) is 18.1. The molecule has 0 aliphatic heterocycles. The van der Waals surface area contributed by atoms with Crippen molar-refractivity contribution in [2.75, 3.05) is 26.6 Å². The lowest BCUT2D eigenvalue weighted by atomic mass is 10.1. The standard InChI is InChI=1S/C27H25ClN2O5/c1-17-6-5-7-18(10-17)16-35-24-12-21(32-2)9-8-19(24)11-20(15-29)27(31)30-23-14-25(33-3)22(28)13-26(23)34-4/h5-14H,16H2,1-4H3,(H,30,31)/b20-11+. The minimum atomic E-state index is -0.629. The molecule has 3 aromatic carbocycles. The summed E-state index contributed by atoms with van der Waals surface area (Å²) in [4.78, 5) is 13.0. The van der Waals surface area contributed by atoms with Crippen molar-refractivity contribution in [1.82, 2.24) is 0 Å². The molecule has 0 heterocycles. The summed E-state index contributed by atoms with van der Waals surface area (Å²) >= 11 is 6.13. The first kappa shape index (κ1) is 25.5. The predicted molar refractivity (Wildman–Crippen MR) is 135 cm³/mol. The third-order valence-corrected chi connectivity index (χ3v) is 5.38. The third-order valence-electron chi connectivity index (χ3n) is 5.08. The Hall–Kier alpha value is -4.15. The van der Waals surface area contributed by atoms with Crippen LogP contribution in [0.15, 0.2) is 60.2 Å². The van der Waals surface area contributed by atoms with Crippen molar-refractivity contribution >= 4 is 29.3 Å². The molecule has 7 nitrogen and oxygen atoms in total. The number of nitrogens with one attached hydrogen (secondary N) is 1. The maximum Gasteiger partial charge on any atom is 0.266 e. The van der Waals surface area contributed by atoms with Crippen molar-refractivity contribution in [3.63, 3.8) is 0 Å². The fraction of sp³-hybridized carbons (Fsp3) is 0.185. The first-order chi connectivity index (χ1) is 16.9. The summed E-state index contributed by atoms with van der Waals surface area (Å²) in [6.45, 7) is 2.32. The van der Waals surface area contributed by atoms with E-state index in [2.05, 4.69) is 5.32 Å². The summed E-state index contributed by atoms with van der Waals surface area (Å²) in [5, 5.41) is 12.7. The lowest BCUT2D eigenvalue weighted by molar-refractivity contribution is -0.112. The van der Waals surface area contributed by atoms with Gasteiger partial charge in [-0.15, -0.1) is 0 Å². The second-order valence-corrected chi connectivity index (χ2v) is 7.90. The number of rotatable bonds is 9. The van der Waals surface area contributed by atoms with Crippen LogP contribution in [-0.4, -0.2) is 27.2 Å². The van der Waals surface area contributed by atoms with Gasteiger partial charge < -0.3 is 24.3 Å². The molecule has 0 aliphatic carbocycles. The van der Waals surface area contributed by atoms with Crippen LogP contribution in [0.4, 0.5) is 5.69 Å². The van der Waals surface area contributed by atoms with Crippen LogP contribution in [0.3, 0.4) is 0 Å². The molecule has 3 rings (SSSR count). The van der Waals surface area contributed by atoms with Crippen molar-refractivity contribution in [3.8, 4) is 29.1 Å². The summed E-state index contributed by atoms with van der Waals surface area (Å²) in [5.41, 5.74) is 2.84. The Bertz CT molecular complexity index is 1300. The van der Waals surface area contributed by atoms with Crippen LogP contribution < -0.4 is 24.3 Å². The van der Waals surface area contributed by atoms with Gasteiger partial charge in [-0.1, -0.05) is 41.4 Å².